The second-order valence-electron chi connectivity index (χ2n) is 9.15. The van der Waals surface area contributed by atoms with Crippen LogP contribution in [0.5, 0.6) is 0 Å². The van der Waals surface area contributed by atoms with Crippen LogP contribution in [0.3, 0.4) is 0 Å². The van der Waals surface area contributed by atoms with Crippen LogP contribution < -0.4 is 0 Å². The van der Waals surface area contributed by atoms with Gasteiger partial charge in [-0.15, -0.1) is 0 Å². The minimum atomic E-state index is 0.588. The minimum Gasteiger partial charge on any atom is -0.0853 e. The molecule has 2 atom stereocenters. The van der Waals surface area contributed by atoms with Crippen LogP contribution >= 0.6 is 0 Å². The number of hydrogen-bond acceptors (Lipinski definition) is 0. The maximum Gasteiger partial charge on any atom is -0.0191 e. The highest BCUT2D eigenvalue weighted by atomic mass is 14.2. The molecule has 0 N–H and O–H groups in total. The summed E-state index contributed by atoms with van der Waals surface area (Å²) in [5.41, 5.74) is 8.88. The SMILES string of the molecule is CC/C=C(\CCCC1=CCC1C)C(C)Cc1ccccc1/C=C\c1ccccc1CC. The maximum atomic E-state index is 2.49. The lowest BCUT2D eigenvalue weighted by Crippen LogP contribution is -2.09. The first kappa shape index (κ1) is 23.3. The molecule has 0 aromatic heterocycles. The Kier molecular flexibility index (Phi) is 8.95. The van der Waals surface area contributed by atoms with Crippen molar-refractivity contribution in [1.82, 2.24) is 0 Å². The first-order chi connectivity index (χ1) is 15.1. The molecule has 0 amide bonds. The van der Waals surface area contributed by atoms with E-state index in [0.29, 0.717) is 5.92 Å². The monoisotopic (exact) mass is 412 g/mol. The van der Waals surface area contributed by atoms with E-state index in [0.717, 1.165) is 25.2 Å². The topological polar surface area (TPSA) is 0 Å². The van der Waals surface area contributed by atoms with Crippen LogP contribution in [-0.4, -0.2) is 0 Å². The zero-order valence-corrected chi connectivity index (χ0v) is 20.0. The third kappa shape index (κ3) is 6.57. The van der Waals surface area contributed by atoms with Crippen LogP contribution in [0.15, 0.2) is 71.8 Å². The summed E-state index contributed by atoms with van der Waals surface area (Å²) in [7, 11) is 0. The van der Waals surface area contributed by atoms with Gasteiger partial charge in [-0.3, -0.25) is 0 Å². The molecule has 1 aliphatic carbocycles. The molecule has 0 nitrogen and oxygen atoms in total. The van der Waals surface area contributed by atoms with Gasteiger partial charge >= 0.3 is 0 Å². The van der Waals surface area contributed by atoms with Crippen molar-refractivity contribution < 1.29 is 0 Å². The van der Waals surface area contributed by atoms with Crippen LogP contribution in [0.25, 0.3) is 12.2 Å². The summed E-state index contributed by atoms with van der Waals surface area (Å²) in [6, 6.07) is 17.7. The van der Waals surface area contributed by atoms with Gasteiger partial charge in [-0.2, -0.15) is 0 Å². The first-order valence-corrected chi connectivity index (χ1v) is 12.3. The zero-order valence-electron chi connectivity index (χ0n) is 20.0. The van der Waals surface area contributed by atoms with Gasteiger partial charge in [0.1, 0.15) is 0 Å². The van der Waals surface area contributed by atoms with Gasteiger partial charge in [0.15, 0.2) is 0 Å². The molecule has 0 heteroatoms. The fourth-order valence-corrected chi connectivity index (χ4v) is 4.72. The average molecular weight is 413 g/mol. The Morgan fingerprint density at radius 1 is 0.968 bits per heavy atom. The summed E-state index contributed by atoms with van der Waals surface area (Å²) < 4.78 is 0. The van der Waals surface area contributed by atoms with Gasteiger partial charge in [-0.25, -0.2) is 0 Å². The van der Waals surface area contributed by atoms with Crippen molar-refractivity contribution in [1.29, 1.82) is 0 Å². The van der Waals surface area contributed by atoms with E-state index in [1.165, 1.54) is 47.9 Å². The van der Waals surface area contributed by atoms with Gasteiger partial charge in [0.05, 0.1) is 0 Å². The highest BCUT2D eigenvalue weighted by Gasteiger charge is 2.16. The van der Waals surface area contributed by atoms with Crippen molar-refractivity contribution in [3.8, 4) is 0 Å². The Bertz CT molecular complexity index is 925. The van der Waals surface area contributed by atoms with E-state index in [-0.39, 0.29) is 0 Å². The van der Waals surface area contributed by atoms with Gasteiger partial charge in [0.2, 0.25) is 0 Å². The van der Waals surface area contributed by atoms with E-state index in [4.69, 9.17) is 0 Å². The largest absolute Gasteiger partial charge is 0.0853 e. The van der Waals surface area contributed by atoms with Gasteiger partial charge in [-0.05, 0) is 79.0 Å². The normalized spacial score (nSPS) is 17.5. The Morgan fingerprint density at radius 2 is 1.61 bits per heavy atom. The van der Waals surface area contributed by atoms with Gasteiger partial charge in [0.25, 0.3) is 0 Å². The Balaban J connectivity index is 1.67. The average Bonchev–Trinajstić information content (AvgIpc) is 2.79. The van der Waals surface area contributed by atoms with E-state index in [9.17, 15) is 0 Å². The van der Waals surface area contributed by atoms with Gasteiger partial charge in [-0.1, -0.05) is 112 Å². The lowest BCUT2D eigenvalue weighted by Gasteiger charge is -2.24. The molecule has 0 heterocycles. The molecule has 0 saturated carbocycles. The van der Waals surface area contributed by atoms with E-state index in [2.05, 4.69) is 101 Å². The lowest BCUT2D eigenvalue weighted by molar-refractivity contribution is 0.559. The Labute approximate surface area is 190 Å². The molecule has 0 bridgehead atoms. The third-order valence-corrected chi connectivity index (χ3v) is 6.86. The van der Waals surface area contributed by atoms with Crippen LogP contribution in [0.1, 0.15) is 82.1 Å². The van der Waals surface area contributed by atoms with Crippen molar-refractivity contribution in [3.05, 3.63) is 94.1 Å². The van der Waals surface area contributed by atoms with Crippen LogP contribution in [-0.2, 0) is 12.8 Å². The van der Waals surface area contributed by atoms with Gasteiger partial charge in [0, 0.05) is 0 Å². The van der Waals surface area contributed by atoms with E-state index < -0.39 is 0 Å². The van der Waals surface area contributed by atoms with Crippen LogP contribution in [0.4, 0.5) is 0 Å². The molecule has 2 unspecified atom stereocenters. The number of allylic oxidation sites excluding steroid dienone is 4. The Morgan fingerprint density at radius 3 is 2.19 bits per heavy atom. The molecule has 1 aliphatic rings. The highest BCUT2D eigenvalue weighted by Crippen LogP contribution is 2.32. The summed E-state index contributed by atoms with van der Waals surface area (Å²) in [6.45, 7) is 9.28. The smallest absolute Gasteiger partial charge is 0.0191 e. The highest BCUT2D eigenvalue weighted by molar-refractivity contribution is 5.72. The predicted molar refractivity (Wildman–Crippen MR) is 138 cm³/mol. The summed E-state index contributed by atoms with van der Waals surface area (Å²) in [4.78, 5) is 0. The number of benzene rings is 2. The minimum absolute atomic E-state index is 0.588. The van der Waals surface area contributed by atoms with Gasteiger partial charge < -0.3 is 0 Å². The second kappa shape index (κ2) is 11.9. The third-order valence-electron chi connectivity index (χ3n) is 6.86. The number of aryl methyl sites for hydroxylation is 1. The summed E-state index contributed by atoms with van der Waals surface area (Å²) in [5, 5.41) is 0. The molecular weight excluding hydrogens is 372 g/mol. The molecule has 164 valence electrons. The molecular formula is C31H40. The fraction of sp³-hybridized carbons (Fsp3) is 0.419. The molecule has 0 saturated heterocycles. The standard InChI is InChI=1S/C31H40/c1-5-12-27(17-11-18-28-20-19-24(28)3)25(4)23-31-16-10-9-15-30(31)22-21-29-14-8-7-13-26(29)6-2/h7-10,12-16,20-22,24-25H,5-6,11,17-19,23H2,1-4H3/b22-21-,27-12+. The summed E-state index contributed by atoms with van der Waals surface area (Å²) in [6.07, 6.45) is 17.9. The van der Waals surface area contributed by atoms with Crippen LogP contribution in [0.2, 0.25) is 0 Å². The van der Waals surface area contributed by atoms with Crippen LogP contribution in [0, 0.1) is 11.8 Å². The fourth-order valence-electron chi connectivity index (χ4n) is 4.72. The van der Waals surface area contributed by atoms with Crippen molar-refractivity contribution in [3.63, 3.8) is 0 Å². The Hall–Kier alpha value is -2.34. The molecule has 0 fully saturated rings. The molecule has 3 rings (SSSR count). The van der Waals surface area contributed by atoms with Crippen molar-refractivity contribution in [2.24, 2.45) is 11.8 Å². The number of rotatable bonds is 11. The first-order valence-electron chi connectivity index (χ1n) is 12.3. The van der Waals surface area contributed by atoms with Crippen molar-refractivity contribution in [2.45, 2.75) is 72.6 Å². The van der Waals surface area contributed by atoms with Crippen molar-refractivity contribution >= 4 is 12.2 Å². The summed E-state index contributed by atoms with van der Waals surface area (Å²) >= 11 is 0. The quantitative estimate of drug-likeness (QED) is 0.255. The molecule has 2 aromatic carbocycles. The molecule has 2 aromatic rings. The van der Waals surface area contributed by atoms with E-state index in [1.807, 2.05) is 0 Å². The predicted octanol–water partition coefficient (Wildman–Crippen LogP) is 9.07. The molecule has 31 heavy (non-hydrogen) atoms. The molecule has 0 aliphatic heterocycles. The lowest BCUT2D eigenvalue weighted by atomic mass is 9.82. The number of hydrogen-bond donors (Lipinski definition) is 0. The molecule has 0 spiro atoms. The van der Waals surface area contributed by atoms with E-state index in [1.54, 1.807) is 11.1 Å². The molecule has 0 radical (unpaired) electrons. The van der Waals surface area contributed by atoms with E-state index >= 15 is 0 Å². The summed E-state index contributed by atoms with van der Waals surface area (Å²) in [5.74, 6) is 1.41. The maximum absolute atomic E-state index is 2.49. The zero-order chi connectivity index (χ0) is 22.1. The van der Waals surface area contributed by atoms with Crippen molar-refractivity contribution in [2.75, 3.05) is 0 Å². The second-order valence-corrected chi connectivity index (χ2v) is 9.15.